The van der Waals surface area contributed by atoms with E-state index >= 15 is 0 Å². The monoisotopic (exact) mass is 1950 g/mol. The second-order valence-corrected chi connectivity index (χ2v) is 44.6. The van der Waals surface area contributed by atoms with Crippen LogP contribution in [0, 0.1) is 11.8 Å². The van der Waals surface area contributed by atoms with E-state index in [-0.39, 0.29) is 107 Å². The van der Waals surface area contributed by atoms with Crippen LogP contribution in [-0.4, -0.2) is 171 Å². The van der Waals surface area contributed by atoms with Crippen LogP contribution in [0.3, 0.4) is 0 Å². The first-order valence-corrected chi connectivity index (χ1v) is 49.3. The number of hydrogen-bond donors (Lipinski definition) is 5. The predicted octanol–water partition coefficient (Wildman–Crippen LogP) is 16.4. The van der Waals surface area contributed by atoms with Crippen molar-refractivity contribution in [2.45, 2.75) is 245 Å². The number of alkyl halides is 8. The number of nitrogens with zero attached hydrogens (tertiary/aromatic N) is 14. The van der Waals surface area contributed by atoms with Gasteiger partial charge in [-0.05, 0) is 126 Å². The normalized spacial score (nSPS) is 29.7. The van der Waals surface area contributed by atoms with Gasteiger partial charge in [-0.3, -0.25) is 14.0 Å². The quantitative estimate of drug-likeness (QED) is 0.0529. The summed E-state index contributed by atoms with van der Waals surface area (Å²) < 4.78 is 183. The maximum atomic E-state index is 14.6. The van der Waals surface area contributed by atoms with Gasteiger partial charge in [0.05, 0.1) is 120 Å². The van der Waals surface area contributed by atoms with E-state index in [1.165, 1.54) is 64.6 Å². The maximum Gasteiger partial charge on any atom is 0.297 e. The van der Waals surface area contributed by atoms with Gasteiger partial charge in [-0.15, -0.1) is 65.7 Å². The lowest BCUT2D eigenvalue weighted by Crippen LogP contribution is -2.51. The molecule has 2 unspecified atom stereocenters. The minimum Gasteiger partial charge on any atom is -0.490 e. The number of ether oxygens (including phenoxy) is 6. The number of aliphatic hydroxyl groups excluding tert-OH is 1. The topological polar surface area (TPSA) is 306 Å². The Balaban J connectivity index is 0.000000121. The number of halogens is 12. The third kappa shape index (κ3) is 20.5. The first-order chi connectivity index (χ1) is 60.9. The molecule has 6 saturated heterocycles. The van der Waals surface area contributed by atoms with E-state index in [9.17, 15) is 48.6 Å². The van der Waals surface area contributed by atoms with Gasteiger partial charge in [0, 0.05) is 149 Å². The van der Waals surface area contributed by atoms with Crippen molar-refractivity contribution in [3.05, 3.63) is 185 Å². The van der Waals surface area contributed by atoms with Gasteiger partial charge in [0.2, 0.25) is 0 Å². The first kappa shape index (κ1) is 93.4. The molecule has 9 aromatic heterocycles. The molecule has 6 fully saturated rings. The average Bonchev–Trinajstić information content (AvgIpc) is 1.36. The first-order valence-electron chi connectivity index (χ1n) is 42.7. The molecule has 128 heavy (non-hydrogen) atoms. The van der Waals surface area contributed by atoms with Gasteiger partial charge in [0.1, 0.15) is 67.0 Å². The van der Waals surface area contributed by atoms with Gasteiger partial charge >= 0.3 is 0 Å². The van der Waals surface area contributed by atoms with E-state index in [1.807, 2.05) is 89.7 Å². The summed E-state index contributed by atoms with van der Waals surface area (Å²) in [4.78, 5) is 10.2. The second-order valence-electron chi connectivity index (χ2n) is 35.6. The number of piperidine rings is 4. The largest absolute Gasteiger partial charge is 0.490 e. The molecule has 19 heterocycles. The standard InChI is InChI=1S/C26H29ClF2N4O3S.C20H21ClF2N6OS.C19H23ClF2N4O3S2.C19H25ClF2N4O2S/c1-16-11-25(24-20(10-23(27)37-24)26(28,29)15-35-25)12-21(30-16)22-14-33(32-31-22)13-17-2-4-18(5-3-17)36-19-6-8-34-9-7-19;1-12-7-19(18-14(6-17(21)31-18)20(22,23)10-30-19)8-15(26-12)16-9-29(28-27-16)5-3-13-2-4-24-11-25-13;1-11-5-18(17-13(4-16(20)30-17)19(21,22)10-29-18)6-14(23-11)15-8-26(25-24-15)7-12-2-3-31(27,28)9-12;1-11(9-27)3-4-26-8-15(24-25-26)14-7-18(6-12(2)23-14)17-13(5-16(20)29-17)19(21,22)10-28-18/h2-5,10,14,16,19,21,30H,6-9,11-13,15H2,1H3;2,4,6,9,11-12,15,26H,3,5,7-8,10H2,1H3;4,8,11-12,14,23H,2-3,5-7,9-10H2,1H3;5,8,11-12,14,23,27H,3-4,6-7,9-10H2,1-2H3/t16-,21-,25-;12-,15-,19-;11-,12?,14-,18-;11?,12-,14-,18-/m0000/s1. The molecule has 0 saturated carbocycles. The number of aromatic nitrogens is 14. The molecule has 0 bridgehead atoms. The molecule has 10 aliphatic heterocycles. The van der Waals surface area contributed by atoms with Gasteiger partial charge in [0.15, 0.2) is 9.84 Å². The van der Waals surface area contributed by atoms with E-state index < -0.39 is 82.4 Å². The van der Waals surface area contributed by atoms with E-state index in [4.69, 9.17) is 74.8 Å². The molecule has 5 N–H and O–H groups in total. The number of sulfone groups is 1. The Labute approximate surface area is 769 Å². The van der Waals surface area contributed by atoms with Crippen LogP contribution in [0.2, 0.25) is 17.3 Å². The Kier molecular flexibility index (Phi) is 27.3. The van der Waals surface area contributed by atoms with E-state index in [2.05, 4.69) is 72.5 Å². The van der Waals surface area contributed by atoms with Crippen LogP contribution >= 0.6 is 91.8 Å². The molecule has 4 spiro atoms. The molecule has 10 aliphatic rings. The Hall–Kier alpha value is -6.39. The Morgan fingerprint density at radius 2 is 0.906 bits per heavy atom. The van der Waals surface area contributed by atoms with Crippen molar-refractivity contribution >= 4 is 102 Å². The lowest BCUT2D eigenvalue weighted by Gasteiger charge is -2.47. The third-order valence-corrected chi connectivity index (χ3v) is 33.0. The van der Waals surface area contributed by atoms with Crippen molar-refractivity contribution < 1.29 is 77.1 Å². The van der Waals surface area contributed by atoms with Crippen LogP contribution in [0.5, 0.6) is 5.75 Å². The highest BCUT2D eigenvalue weighted by molar-refractivity contribution is 7.91. The van der Waals surface area contributed by atoms with Gasteiger partial charge in [0.25, 0.3) is 23.7 Å². The molecule has 27 nitrogen and oxygen atoms in total. The SMILES string of the molecule is CC(CO)CCn1cc([C@@H]2C[C@]3(C[C@H](C)N2)OCC(F)(F)c2cc(Cl)sc23)nn1.C[C@H]1C[C@@]2(C[C@@H](c3cn(CC4CCS(=O)(=O)C4)nn3)N1)OCC(F)(F)c1cc(Cl)sc12.C[C@H]1C[C@@]2(C[C@@H](c3cn(CCc4ccncn4)nn3)N1)OCC(F)(F)c1cc(Cl)sc12.C[C@H]1C[C@@]2(C[C@@H](c3cn(Cc4ccc(OC5CCOCC5)cc4)nn3)N1)OCC(F)(F)c1cc(Cl)sc12. The summed E-state index contributed by atoms with van der Waals surface area (Å²) in [6.45, 7) is 11.4. The van der Waals surface area contributed by atoms with Crippen LogP contribution in [-0.2, 0) is 112 Å². The Bertz CT molecular complexity index is 5650. The summed E-state index contributed by atoms with van der Waals surface area (Å²) in [6.07, 6.45) is 19.1. The number of fused-ring (bicyclic) bond motifs is 8. The summed E-state index contributed by atoms with van der Waals surface area (Å²) in [7, 11) is -2.95. The summed E-state index contributed by atoms with van der Waals surface area (Å²) in [5, 5.41) is 57.5. The summed E-state index contributed by atoms with van der Waals surface area (Å²) in [5.41, 5.74) is 1.63. The molecular formula is C84H98Cl4F8N18O9S5. The van der Waals surface area contributed by atoms with Crippen LogP contribution in [0.1, 0.15) is 212 Å². The molecular weight excluding hydrogens is 1860 g/mol. The van der Waals surface area contributed by atoms with Crippen molar-refractivity contribution in [1.29, 1.82) is 0 Å². The molecule has 20 rings (SSSR count). The fourth-order valence-electron chi connectivity index (χ4n) is 19.4. The molecule has 0 amide bonds. The van der Waals surface area contributed by atoms with Crippen molar-refractivity contribution in [1.82, 2.24) is 91.2 Å². The van der Waals surface area contributed by atoms with E-state index in [0.717, 1.165) is 77.9 Å². The van der Waals surface area contributed by atoms with Crippen LogP contribution in [0.25, 0.3) is 0 Å². The molecule has 1 aromatic carbocycles. The highest BCUT2D eigenvalue weighted by atomic mass is 35.5. The smallest absolute Gasteiger partial charge is 0.297 e. The summed E-state index contributed by atoms with van der Waals surface area (Å²) >= 11 is 29.3. The maximum absolute atomic E-state index is 14.6. The zero-order chi connectivity index (χ0) is 90.1. The van der Waals surface area contributed by atoms with Crippen LogP contribution < -0.4 is 26.0 Å². The van der Waals surface area contributed by atoms with Gasteiger partial charge < -0.3 is 54.8 Å². The number of aliphatic hydroxyl groups is 1. The Morgan fingerprint density at radius 3 is 1.29 bits per heavy atom. The number of hydrogen-bond acceptors (Lipinski definition) is 27. The average molecular weight is 1960 g/mol. The highest BCUT2D eigenvalue weighted by Crippen LogP contribution is 2.60. The van der Waals surface area contributed by atoms with Crippen LogP contribution in [0.4, 0.5) is 35.1 Å². The number of rotatable bonds is 17. The highest BCUT2D eigenvalue weighted by Gasteiger charge is 2.59. The molecule has 10 aromatic rings. The number of benzene rings is 1. The fraction of sp³-hybridized carbons (Fsp3) is 0.595. The third-order valence-electron chi connectivity index (χ3n) is 25.3. The molecule has 14 atom stereocenters. The summed E-state index contributed by atoms with van der Waals surface area (Å²) in [6, 6.07) is 14.8. The zero-order valence-electron chi connectivity index (χ0n) is 70.4. The van der Waals surface area contributed by atoms with Crippen molar-refractivity contribution in [2.24, 2.45) is 11.8 Å². The predicted molar refractivity (Wildman–Crippen MR) is 465 cm³/mol. The minimum atomic E-state index is -3.06. The lowest BCUT2D eigenvalue weighted by molar-refractivity contribution is -0.183. The second kappa shape index (κ2) is 37.5. The lowest BCUT2D eigenvalue weighted by atomic mass is 9.78. The number of nitrogens with one attached hydrogen (secondary N) is 4. The zero-order valence-corrected chi connectivity index (χ0v) is 77.6. The van der Waals surface area contributed by atoms with Gasteiger partial charge in [-0.1, -0.05) is 86.3 Å². The van der Waals surface area contributed by atoms with Gasteiger partial charge in [-0.2, -0.15) is 35.1 Å². The molecule has 0 radical (unpaired) electrons. The molecule has 0 aliphatic carbocycles. The minimum absolute atomic E-state index is 0.00400. The van der Waals surface area contributed by atoms with Crippen LogP contribution in [0.15, 0.2) is 91.9 Å². The molecule has 692 valence electrons. The number of thiophene rings is 4. The van der Waals surface area contributed by atoms with Crippen molar-refractivity contribution in [3.8, 4) is 5.75 Å². The summed E-state index contributed by atoms with van der Waals surface area (Å²) in [5.74, 6) is -10.7. The Morgan fingerprint density at radius 1 is 0.523 bits per heavy atom. The van der Waals surface area contributed by atoms with E-state index in [1.54, 1.807) is 24.9 Å². The van der Waals surface area contributed by atoms with Gasteiger partial charge in [-0.25, -0.2) is 23.1 Å². The molecule has 44 heteroatoms. The van der Waals surface area contributed by atoms with E-state index in [0.29, 0.717) is 133 Å². The number of aryl methyl sites for hydroxylation is 3. The van der Waals surface area contributed by atoms with Crippen molar-refractivity contribution in [2.75, 3.05) is 57.8 Å². The van der Waals surface area contributed by atoms with Crippen molar-refractivity contribution in [3.63, 3.8) is 0 Å². The fourth-order valence-corrected chi connectivity index (χ4v) is 27.0.